The van der Waals surface area contributed by atoms with Crippen LogP contribution in [-0.2, 0) is 10.0 Å². The fourth-order valence-electron chi connectivity index (χ4n) is 2.69. The second-order valence-corrected chi connectivity index (χ2v) is 7.37. The lowest BCUT2D eigenvalue weighted by atomic mass is 10.3. The van der Waals surface area contributed by atoms with Crippen LogP contribution in [0.25, 0.3) is 0 Å². The first-order valence-corrected chi connectivity index (χ1v) is 8.93. The highest BCUT2D eigenvalue weighted by Gasteiger charge is 2.26. The number of β-amino-alcohol motifs (C(OH)–C–C–N with tert-alkyl or cyclic N) is 1. The molecule has 0 radical (unpaired) electrons. The molecular weight excluding hydrogens is 288 g/mol. The molecule has 2 rings (SSSR count). The molecule has 6 heteroatoms. The Balaban J connectivity index is 2.01. The summed E-state index contributed by atoms with van der Waals surface area (Å²) in [6.07, 6.45) is 1.67. The van der Waals surface area contributed by atoms with Crippen LogP contribution in [0.3, 0.4) is 0 Å². The molecule has 1 aliphatic heterocycles. The van der Waals surface area contributed by atoms with Gasteiger partial charge >= 0.3 is 0 Å². The van der Waals surface area contributed by atoms with Crippen LogP contribution in [0.1, 0.15) is 19.8 Å². The van der Waals surface area contributed by atoms with Gasteiger partial charge in [-0.2, -0.15) is 4.31 Å². The Morgan fingerprint density at radius 2 is 1.86 bits per heavy atom. The van der Waals surface area contributed by atoms with Crippen molar-refractivity contribution >= 4 is 10.0 Å². The van der Waals surface area contributed by atoms with Gasteiger partial charge in [0.15, 0.2) is 0 Å². The SMILES string of the molecule is CCN(CC(O)CN1CCCC1)S(=O)(=O)c1ccccc1. The van der Waals surface area contributed by atoms with Gasteiger partial charge in [-0.15, -0.1) is 0 Å². The summed E-state index contributed by atoms with van der Waals surface area (Å²) in [4.78, 5) is 2.47. The minimum absolute atomic E-state index is 0.143. The first kappa shape index (κ1) is 16.4. The molecule has 1 N–H and O–H groups in total. The van der Waals surface area contributed by atoms with Crippen molar-refractivity contribution in [2.75, 3.05) is 32.7 Å². The Labute approximate surface area is 127 Å². The smallest absolute Gasteiger partial charge is 0.243 e. The molecule has 1 aliphatic rings. The van der Waals surface area contributed by atoms with Gasteiger partial charge in [-0.3, -0.25) is 0 Å². The van der Waals surface area contributed by atoms with E-state index in [9.17, 15) is 13.5 Å². The lowest BCUT2D eigenvalue weighted by Crippen LogP contribution is -2.42. The van der Waals surface area contributed by atoms with Crippen molar-refractivity contribution in [3.63, 3.8) is 0 Å². The van der Waals surface area contributed by atoms with Crippen molar-refractivity contribution in [1.82, 2.24) is 9.21 Å². The predicted molar refractivity (Wildman–Crippen MR) is 82.6 cm³/mol. The number of benzene rings is 1. The molecule has 1 aromatic rings. The summed E-state index contributed by atoms with van der Waals surface area (Å²) in [5, 5.41) is 10.2. The van der Waals surface area contributed by atoms with Gasteiger partial charge in [-0.25, -0.2) is 8.42 Å². The van der Waals surface area contributed by atoms with Crippen LogP contribution in [0, 0.1) is 0 Å². The first-order chi connectivity index (χ1) is 10.0. The normalized spacial score (nSPS) is 18.2. The molecule has 0 spiro atoms. The molecule has 5 nitrogen and oxygen atoms in total. The summed E-state index contributed by atoms with van der Waals surface area (Å²) < 4.78 is 26.4. The fourth-order valence-corrected chi connectivity index (χ4v) is 4.20. The fraction of sp³-hybridized carbons (Fsp3) is 0.600. The van der Waals surface area contributed by atoms with Gasteiger partial charge in [0.05, 0.1) is 11.0 Å². The van der Waals surface area contributed by atoms with E-state index in [1.807, 2.05) is 0 Å². The molecule has 21 heavy (non-hydrogen) atoms. The van der Waals surface area contributed by atoms with E-state index in [1.165, 1.54) is 4.31 Å². The predicted octanol–water partition coefficient (Wildman–Crippen LogP) is 1.15. The van der Waals surface area contributed by atoms with E-state index in [1.54, 1.807) is 37.3 Å². The van der Waals surface area contributed by atoms with Gasteiger partial charge in [0.25, 0.3) is 0 Å². The summed E-state index contributed by atoms with van der Waals surface area (Å²) >= 11 is 0. The summed E-state index contributed by atoms with van der Waals surface area (Å²) in [7, 11) is -3.53. The van der Waals surface area contributed by atoms with E-state index in [4.69, 9.17) is 0 Å². The molecule has 1 atom stereocenters. The highest BCUT2D eigenvalue weighted by Crippen LogP contribution is 2.16. The van der Waals surface area contributed by atoms with Crippen molar-refractivity contribution in [1.29, 1.82) is 0 Å². The zero-order valence-electron chi connectivity index (χ0n) is 12.5. The van der Waals surface area contributed by atoms with Crippen molar-refractivity contribution < 1.29 is 13.5 Å². The molecular formula is C15H24N2O3S. The second-order valence-electron chi connectivity index (χ2n) is 5.43. The zero-order valence-corrected chi connectivity index (χ0v) is 13.3. The maximum atomic E-state index is 12.5. The maximum absolute atomic E-state index is 12.5. The molecule has 1 saturated heterocycles. The van der Waals surface area contributed by atoms with Crippen LogP contribution in [0.4, 0.5) is 0 Å². The minimum Gasteiger partial charge on any atom is -0.390 e. The third-order valence-corrected chi connectivity index (χ3v) is 5.77. The summed E-state index contributed by atoms with van der Waals surface area (Å²) in [6, 6.07) is 8.38. The van der Waals surface area contributed by atoms with Crippen molar-refractivity contribution in [3.8, 4) is 0 Å². The van der Waals surface area contributed by atoms with E-state index < -0.39 is 16.1 Å². The van der Waals surface area contributed by atoms with Crippen LogP contribution in [0.2, 0.25) is 0 Å². The highest BCUT2D eigenvalue weighted by molar-refractivity contribution is 7.89. The molecule has 1 fully saturated rings. The van der Waals surface area contributed by atoms with E-state index in [-0.39, 0.29) is 11.4 Å². The number of rotatable bonds is 7. The highest BCUT2D eigenvalue weighted by atomic mass is 32.2. The first-order valence-electron chi connectivity index (χ1n) is 7.49. The number of aliphatic hydroxyl groups is 1. The topological polar surface area (TPSA) is 60.9 Å². The van der Waals surface area contributed by atoms with E-state index >= 15 is 0 Å². The average molecular weight is 312 g/mol. The van der Waals surface area contributed by atoms with Crippen LogP contribution < -0.4 is 0 Å². The molecule has 1 heterocycles. The third-order valence-electron chi connectivity index (χ3n) is 3.82. The number of sulfonamides is 1. The Kier molecular flexibility index (Phi) is 5.75. The van der Waals surface area contributed by atoms with E-state index in [2.05, 4.69) is 4.90 Å². The molecule has 0 bridgehead atoms. The van der Waals surface area contributed by atoms with Gasteiger partial charge in [0.1, 0.15) is 0 Å². The molecule has 1 unspecified atom stereocenters. The zero-order chi connectivity index (χ0) is 15.3. The standard InChI is InChI=1S/C15H24N2O3S/c1-2-17(13-14(18)12-16-10-6-7-11-16)21(19,20)15-8-4-3-5-9-15/h3-5,8-9,14,18H,2,6-7,10-13H2,1H3. The largest absolute Gasteiger partial charge is 0.390 e. The molecule has 118 valence electrons. The van der Waals surface area contributed by atoms with Crippen LogP contribution in [0.15, 0.2) is 35.2 Å². The van der Waals surface area contributed by atoms with Crippen LogP contribution in [-0.4, -0.2) is 61.6 Å². The minimum atomic E-state index is -3.53. The molecule has 0 aromatic heterocycles. The van der Waals surface area contributed by atoms with Crippen molar-refractivity contribution in [2.24, 2.45) is 0 Å². The average Bonchev–Trinajstić information content (AvgIpc) is 2.98. The number of aliphatic hydroxyl groups excluding tert-OH is 1. The second kappa shape index (κ2) is 7.35. The number of hydrogen-bond acceptors (Lipinski definition) is 4. The lowest BCUT2D eigenvalue weighted by molar-refractivity contribution is 0.106. The monoisotopic (exact) mass is 312 g/mol. The lowest BCUT2D eigenvalue weighted by Gasteiger charge is -2.26. The molecule has 0 saturated carbocycles. The summed E-state index contributed by atoms with van der Waals surface area (Å²) in [5.74, 6) is 0. The van der Waals surface area contributed by atoms with Gasteiger partial charge in [-0.05, 0) is 38.1 Å². The quantitative estimate of drug-likeness (QED) is 0.820. The Bertz CT molecular complexity index is 527. The third kappa shape index (κ3) is 4.26. The number of likely N-dealkylation sites (N-methyl/N-ethyl adjacent to an activating group) is 1. The Morgan fingerprint density at radius 3 is 2.43 bits per heavy atom. The van der Waals surface area contributed by atoms with Gasteiger partial charge < -0.3 is 10.0 Å². The number of hydrogen-bond donors (Lipinski definition) is 1. The summed E-state index contributed by atoms with van der Waals surface area (Å²) in [6.45, 7) is 4.83. The van der Waals surface area contributed by atoms with E-state index in [0.29, 0.717) is 13.1 Å². The van der Waals surface area contributed by atoms with Crippen LogP contribution in [0.5, 0.6) is 0 Å². The van der Waals surface area contributed by atoms with E-state index in [0.717, 1.165) is 25.9 Å². The molecule has 0 aliphatic carbocycles. The van der Waals surface area contributed by atoms with Gasteiger partial charge in [0.2, 0.25) is 10.0 Å². The van der Waals surface area contributed by atoms with Crippen molar-refractivity contribution in [3.05, 3.63) is 30.3 Å². The van der Waals surface area contributed by atoms with Gasteiger partial charge in [-0.1, -0.05) is 25.1 Å². The Hall–Kier alpha value is -0.950. The van der Waals surface area contributed by atoms with Gasteiger partial charge in [0, 0.05) is 19.6 Å². The Morgan fingerprint density at radius 1 is 1.24 bits per heavy atom. The molecule has 0 amide bonds. The number of nitrogens with zero attached hydrogens (tertiary/aromatic N) is 2. The summed E-state index contributed by atoms with van der Waals surface area (Å²) in [5.41, 5.74) is 0. The number of likely N-dealkylation sites (tertiary alicyclic amines) is 1. The van der Waals surface area contributed by atoms with Crippen molar-refractivity contribution in [2.45, 2.75) is 30.8 Å². The maximum Gasteiger partial charge on any atom is 0.243 e. The van der Waals surface area contributed by atoms with Crippen LogP contribution >= 0.6 is 0 Å². The molecule has 1 aromatic carbocycles.